The lowest BCUT2D eigenvalue weighted by molar-refractivity contribution is -0.153. The molecule has 0 saturated carbocycles. The van der Waals surface area contributed by atoms with Crippen LogP contribution in [0.25, 0.3) is 0 Å². The molecule has 2 aromatic carbocycles. The second-order valence-corrected chi connectivity index (χ2v) is 7.83. The van der Waals surface area contributed by atoms with Crippen molar-refractivity contribution in [1.82, 2.24) is 4.90 Å². The lowest BCUT2D eigenvalue weighted by Crippen LogP contribution is -2.43. The molecule has 162 valence electrons. The van der Waals surface area contributed by atoms with Gasteiger partial charge in [-0.05, 0) is 42.2 Å². The molecule has 1 atom stereocenters. The Kier molecular flexibility index (Phi) is 6.84. The molecule has 3 amide bonds. The van der Waals surface area contributed by atoms with Crippen LogP contribution >= 0.6 is 0 Å². The van der Waals surface area contributed by atoms with Gasteiger partial charge in [0.15, 0.2) is 6.10 Å². The van der Waals surface area contributed by atoms with Crippen LogP contribution < -0.4 is 5.32 Å². The molecule has 1 N–H and O–H groups in total. The second-order valence-electron chi connectivity index (χ2n) is 7.83. The minimum absolute atomic E-state index is 0.0875. The number of fused-ring (bicyclic) bond motifs is 1. The minimum atomic E-state index is -1.01. The van der Waals surface area contributed by atoms with Gasteiger partial charge in [0.25, 0.3) is 11.8 Å². The van der Waals surface area contributed by atoms with E-state index >= 15 is 0 Å². The molecule has 31 heavy (non-hydrogen) atoms. The van der Waals surface area contributed by atoms with Gasteiger partial charge in [-0.3, -0.25) is 24.1 Å². The van der Waals surface area contributed by atoms with Crippen molar-refractivity contribution in [2.75, 3.05) is 11.9 Å². The zero-order chi connectivity index (χ0) is 22.5. The number of anilines is 1. The van der Waals surface area contributed by atoms with Crippen LogP contribution in [0, 0.1) is 0 Å². The first-order chi connectivity index (χ1) is 14.8. The summed E-state index contributed by atoms with van der Waals surface area (Å²) in [7, 11) is 0. The van der Waals surface area contributed by atoms with Crippen molar-refractivity contribution in [2.24, 2.45) is 0 Å². The molecule has 0 bridgehead atoms. The van der Waals surface area contributed by atoms with Gasteiger partial charge in [0.05, 0.1) is 12.8 Å². The molecular formula is C24H26N2O5. The first-order valence-corrected chi connectivity index (χ1v) is 10.3. The fourth-order valence-corrected chi connectivity index (χ4v) is 3.33. The number of nitrogens with one attached hydrogen (secondary N) is 1. The Labute approximate surface area is 181 Å². The summed E-state index contributed by atoms with van der Waals surface area (Å²) in [6.45, 7) is 5.55. The van der Waals surface area contributed by atoms with E-state index in [9.17, 15) is 19.2 Å². The van der Waals surface area contributed by atoms with E-state index in [2.05, 4.69) is 19.2 Å². The number of esters is 1. The monoisotopic (exact) mass is 422 g/mol. The van der Waals surface area contributed by atoms with Gasteiger partial charge in [-0.15, -0.1) is 0 Å². The van der Waals surface area contributed by atoms with Crippen molar-refractivity contribution >= 4 is 29.4 Å². The molecule has 1 aliphatic rings. The number of imide groups is 1. The number of benzene rings is 2. The Morgan fingerprint density at radius 1 is 1.03 bits per heavy atom. The SMILES string of the molecule is CC(C)c1ccc(NC(=O)[C@H](C)OC(=O)CCN2C(=O)Cc3ccccc3C2=O)cc1. The average Bonchev–Trinajstić information content (AvgIpc) is 2.73. The van der Waals surface area contributed by atoms with E-state index in [1.165, 1.54) is 6.92 Å². The molecule has 2 aromatic rings. The largest absolute Gasteiger partial charge is 0.452 e. The molecule has 0 aliphatic carbocycles. The smallest absolute Gasteiger partial charge is 0.308 e. The second kappa shape index (κ2) is 9.55. The van der Waals surface area contributed by atoms with E-state index in [4.69, 9.17) is 4.74 Å². The van der Waals surface area contributed by atoms with Crippen LogP contribution in [-0.2, 0) is 25.5 Å². The summed E-state index contributed by atoms with van der Waals surface area (Å²) in [5, 5.41) is 2.71. The molecule has 7 heteroatoms. The summed E-state index contributed by atoms with van der Waals surface area (Å²) >= 11 is 0. The molecule has 1 heterocycles. The van der Waals surface area contributed by atoms with Gasteiger partial charge >= 0.3 is 5.97 Å². The molecule has 3 rings (SSSR count). The van der Waals surface area contributed by atoms with Crippen molar-refractivity contribution in [3.63, 3.8) is 0 Å². The molecule has 0 radical (unpaired) electrons. The van der Waals surface area contributed by atoms with E-state index in [1.54, 1.807) is 36.4 Å². The standard InChI is InChI=1S/C24H26N2O5/c1-15(2)17-8-10-19(11-9-17)25-23(29)16(3)31-22(28)12-13-26-21(27)14-18-6-4-5-7-20(18)24(26)30/h4-11,15-16H,12-14H2,1-3H3,(H,25,29)/t16-/m0/s1. The van der Waals surface area contributed by atoms with Crippen LogP contribution in [0.15, 0.2) is 48.5 Å². The quantitative estimate of drug-likeness (QED) is 0.546. The van der Waals surface area contributed by atoms with E-state index in [0.29, 0.717) is 22.7 Å². The van der Waals surface area contributed by atoms with E-state index in [0.717, 1.165) is 10.5 Å². The van der Waals surface area contributed by atoms with Gasteiger partial charge in [-0.2, -0.15) is 0 Å². The third kappa shape index (κ3) is 5.36. The van der Waals surface area contributed by atoms with Gasteiger partial charge in [0.2, 0.25) is 5.91 Å². The van der Waals surface area contributed by atoms with Gasteiger partial charge < -0.3 is 10.1 Å². The molecule has 0 fully saturated rings. The molecule has 0 unspecified atom stereocenters. The third-order valence-corrected chi connectivity index (χ3v) is 5.20. The van der Waals surface area contributed by atoms with E-state index in [1.807, 2.05) is 12.1 Å². The topological polar surface area (TPSA) is 92.8 Å². The number of hydrogen-bond acceptors (Lipinski definition) is 5. The van der Waals surface area contributed by atoms with Crippen LogP contribution in [-0.4, -0.2) is 41.2 Å². The first-order valence-electron chi connectivity index (χ1n) is 10.3. The summed E-state index contributed by atoms with van der Waals surface area (Å²) in [5.74, 6) is -1.50. The summed E-state index contributed by atoms with van der Waals surface area (Å²) in [6, 6.07) is 14.4. The zero-order valence-electron chi connectivity index (χ0n) is 17.9. The highest BCUT2D eigenvalue weighted by molar-refractivity contribution is 6.09. The number of rotatable bonds is 7. The number of hydrogen-bond donors (Lipinski definition) is 1. The fraction of sp³-hybridized carbons (Fsp3) is 0.333. The van der Waals surface area contributed by atoms with Crippen LogP contribution in [0.2, 0.25) is 0 Å². The Balaban J connectivity index is 1.50. The molecule has 0 aromatic heterocycles. The Morgan fingerprint density at radius 3 is 2.39 bits per heavy atom. The molecule has 0 spiro atoms. The number of ether oxygens (including phenoxy) is 1. The molecule has 1 aliphatic heterocycles. The highest BCUT2D eigenvalue weighted by atomic mass is 16.5. The van der Waals surface area contributed by atoms with Crippen LogP contribution in [0.3, 0.4) is 0 Å². The van der Waals surface area contributed by atoms with Crippen LogP contribution in [0.5, 0.6) is 0 Å². The zero-order valence-corrected chi connectivity index (χ0v) is 17.9. The minimum Gasteiger partial charge on any atom is -0.452 e. The summed E-state index contributed by atoms with van der Waals surface area (Å²) < 4.78 is 5.18. The number of carbonyl (C=O) groups is 4. The van der Waals surface area contributed by atoms with Gasteiger partial charge in [0.1, 0.15) is 0 Å². The maximum atomic E-state index is 12.5. The van der Waals surface area contributed by atoms with E-state index < -0.39 is 23.9 Å². The Hall–Kier alpha value is -3.48. The maximum Gasteiger partial charge on any atom is 0.308 e. The van der Waals surface area contributed by atoms with Crippen molar-refractivity contribution < 1.29 is 23.9 Å². The van der Waals surface area contributed by atoms with Crippen LogP contribution in [0.4, 0.5) is 5.69 Å². The number of carbonyl (C=O) groups excluding carboxylic acids is 4. The Bertz CT molecular complexity index is 997. The van der Waals surface area contributed by atoms with Gasteiger partial charge in [-0.1, -0.05) is 44.2 Å². The van der Waals surface area contributed by atoms with Crippen molar-refractivity contribution in [1.29, 1.82) is 0 Å². The predicted molar refractivity (Wildman–Crippen MR) is 116 cm³/mol. The van der Waals surface area contributed by atoms with Crippen molar-refractivity contribution in [2.45, 2.75) is 45.6 Å². The number of amides is 3. The fourth-order valence-electron chi connectivity index (χ4n) is 3.33. The Morgan fingerprint density at radius 2 is 1.71 bits per heavy atom. The first kappa shape index (κ1) is 22.2. The maximum absolute atomic E-state index is 12.5. The van der Waals surface area contributed by atoms with E-state index in [-0.39, 0.29) is 25.3 Å². The lowest BCUT2D eigenvalue weighted by atomic mass is 9.98. The third-order valence-electron chi connectivity index (χ3n) is 5.20. The summed E-state index contributed by atoms with van der Waals surface area (Å²) in [5.41, 5.74) is 2.91. The van der Waals surface area contributed by atoms with Crippen molar-refractivity contribution in [3.8, 4) is 0 Å². The predicted octanol–water partition coefficient (Wildman–Crippen LogP) is 3.30. The van der Waals surface area contributed by atoms with Crippen LogP contribution in [0.1, 0.15) is 54.6 Å². The van der Waals surface area contributed by atoms with Gasteiger partial charge in [0, 0.05) is 17.8 Å². The van der Waals surface area contributed by atoms with Gasteiger partial charge in [-0.25, -0.2) is 0 Å². The summed E-state index contributed by atoms with van der Waals surface area (Å²) in [6.07, 6.45) is -1.07. The lowest BCUT2D eigenvalue weighted by Gasteiger charge is -2.26. The highest BCUT2D eigenvalue weighted by Crippen LogP contribution is 2.20. The normalized spacial score (nSPS) is 14.3. The molecular weight excluding hydrogens is 396 g/mol. The van der Waals surface area contributed by atoms with Crippen molar-refractivity contribution in [3.05, 3.63) is 65.2 Å². The highest BCUT2D eigenvalue weighted by Gasteiger charge is 2.31. The molecule has 0 saturated heterocycles. The molecule has 7 nitrogen and oxygen atoms in total. The number of nitrogens with zero attached hydrogens (tertiary/aromatic N) is 1. The average molecular weight is 422 g/mol. The summed E-state index contributed by atoms with van der Waals surface area (Å²) in [4.78, 5) is 50.3.